The summed E-state index contributed by atoms with van der Waals surface area (Å²) in [6.07, 6.45) is 0.675. The van der Waals surface area contributed by atoms with Gasteiger partial charge in [-0.1, -0.05) is 11.6 Å². The first kappa shape index (κ1) is 18.6. The minimum absolute atomic E-state index is 0.00334. The molecule has 1 rings (SSSR count). The summed E-state index contributed by atoms with van der Waals surface area (Å²) >= 11 is 6.12. The molecule has 1 heterocycles. The van der Waals surface area contributed by atoms with Crippen LogP contribution in [0.25, 0.3) is 0 Å². The van der Waals surface area contributed by atoms with Crippen LogP contribution in [0.2, 0.25) is 0 Å². The molecular formula is C14H20ClF2N3O2. The van der Waals surface area contributed by atoms with E-state index in [1.165, 1.54) is 44.1 Å². The minimum atomic E-state index is -1.89. The monoisotopic (exact) mass is 335 g/mol. The molecule has 0 saturated heterocycles. The maximum absolute atomic E-state index is 14.4. The number of halogens is 3. The zero-order chi connectivity index (χ0) is 17.1. The average molecular weight is 336 g/mol. The summed E-state index contributed by atoms with van der Waals surface area (Å²) in [5.74, 6) is -0.790. The zero-order valence-electron chi connectivity index (χ0n) is 12.6. The molecule has 3 atom stereocenters. The van der Waals surface area contributed by atoms with Crippen LogP contribution < -0.4 is 10.6 Å². The largest absolute Gasteiger partial charge is 0.387 e. The van der Waals surface area contributed by atoms with E-state index in [-0.39, 0.29) is 11.3 Å². The van der Waals surface area contributed by atoms with Gasteiger partial charge in [0.25, 0.3) is 5.91 Å². The predicted molar refractivity (Wildman–Crippen MR) is 81.5 cm³/mol. The summed E-state index contributed by atoms with van der Waals surface area (Å²) in [6.45, 7) is 3.17. The van der Waals surface area contributed by atoms with Crippen molar-refractivity contribution in [1.82, 2.24) is 4.98 Å². The van der Waals surface area contributed by atoms with E-state index in [0.717, 1.165) is 0 Å². The van der Waals surface area contributed by atoms with Crippen molar-refractivity contribution in [1.29, 1.82) is 0 Å². The fourth-order valence-corrected chi connectivity index (χ4v) is 2.57. The SMILES string of the molecule is CC(CF)N(c1ccncc1C(N)=O)C(Cl)[C@H](F)C(C)(C)O. The summed E-state index contributed by atoms with van der Waals surface area (Å²) in [5.41, 5.74) is 2.30. The Morgan fingerprint density at radius 2 is 2.18 bits per heavy atom. The maximum Gasteiger partial charge on any atom is 0.252 e. The van der Waals surface area contributed by atoms with E-state index in [2.05, 4.69) is 4.98 Å². The van der Waals surface area contributed by atoms with Crippen LogP contribution in [-0.2, 0) is 0 Å². The second kappa shape index (κ2) is 7.19. The number of aliphatic hydroxyl groups is 1. The van der Waals surface area contributed by atoms with Crippen molar-refractivity contribution in [3.05, 3.63) is 24.0 Å². The van der Waals surface area contributed by atoms with Gasteiger partial charge in [0.2, 0.25) is 0 Å². The van der Waals surface area contributed by atoms with Crippen molar-refractivity contribution >= 4 is 23.2 Å². The molecule has 1 aromatic heterocycles. The molecule has 0 bridgehead atoms. The Bertz CT molecular complexity index is 525. The molecule has 0 fully saturated rings. The van der Waals surface area contributed by atoms with Gasteiger partial charge in [0.1, 0.15) is 12.2 Å². The number of alkyl halides is 3. The topological polar surface area (TPSA) is 79.5 Å². The van der Waals surface area contributed by atoms with E-state index in [4.69, 9.17) is 17.3 Å². The van der Waals surface area contributed by atoms with Crippen molar-refractivity contribution in [3.63, 3.8) is 0 Å². The Balaban J connectivity index is 3.34. The van der Waals surface area contributed by atoms with Crippen LogP contribution in [0.1, 0.15) is 31.1 Å². The molecule has 5 nitrogen and oxygen atoms in total. The van der Waals surface area contributed by atoms with Gasteiger partial charge < -0.3 is 15.7 Å². The molecule has 0 radical (unpaired) electrons. The molecule has 0 spiro atoms. The van der Waals surface area contributed by atoms with Crippen LogP contribution in [0.3, 0.4) is 0 Å². The predicted octanol–water partition coefficient (Wildman–Crippen LogP) is 2.02. The molecule has 8 heteroatoms. The quantitative estimate of drug-likeness (QED) is 0.590. The van der Waals surface area contributed by atoms with Crippen molar-refractivity contribution in [2.24, 2.45) is 5.73 Å². The van der Waals surface area contributed by atoms with Gasteiger partial charge in [-0.2, -0.15) is 0 Å². The van der Waals surface area contributed by atoms with Gasteiger partial charge in [-0.05, 0) is 26.8 Å². The third-order valence-electron chi connectivity index (χ3n) is 3.22. The van der Waals surface area contributed by atoms with Crippen molar-refractivity contribution in [3.8, 4) is 0 Å². The molecule has 1 aromatic rings. The summed E-state index contributed by atoms with van der Waals surface area (Å²) in [6, 6.07) is 0.572. The van der Waals surface area contributed by atoms with Crippen LogP contribution in [0, 0.1) is 0 Å². The maximum atomic E-state index is 14.4. The molecule has 0 aliphatic heterocycles. The van der Waals surface area contributed by atoms with Gasteiger partial charge in [0, 0.05) is 12.4 Å². The Morgan fingerprint density at radius 1 is 1.59 bits per heavy atom. The van der Waals surface area contributed by atoms with Crippen LogP contribution in [0.15, 0.2) is 18.5 Å². The van der Waals surface area contributed by atoms with Gasteiger partial charge in [-0.3, -0.25) is 9.78 Å². The normalized spacial score (nSPS) is 16.0. The van der Waals surface area contributed by atoms with Crippen molar-refractivity contribution in [2.45, 2.75) is 44.1 Å². The van der Waals surface area contributed by atoms with Gasteiger partial charge in [-0.15, -0.1) is 0 Å². The lowest BCUT2D eigenvalue weighted by atomic mass is 10.0. The van der Waals surface area contributed by atoms with E-state index < -0.39 is 35.9 Å². The van der Waals surface area contributed by atoms with E-state index in [0.29, 0.717) is 0 Å². The summed E-state index contributed by atoms with van der Waals surface area (Å²) < 4.78 is 27.5. The first-order valence-corrected chi connectivity index (χ1v) is 7.13. The highest BCUT2D eigenvalue weighted by molar-refractivity contribution is 6.22. The lowest BCUT2D eigenvalue weighted by Crippen LogP contribution is -2.52. The second-order valence-electron chi connectivity index (χ2n) is 5.60. The number of aromatic nitrogens is 1. The summed E-state index contributed by atoms with van der Waals surface area (Å²) in [4.78, 5) is 16.5. The number of carbonyl (C=O) groups is 1. The Kier molecular flexibility index (Phi) is 6.08. The molecule has 0 saturated carbocycles. The number of anilines is 1. The van der Waals surface area contributed by atoms with Gasteiger partial charge >= 0.3 is 0 Å². The first-order chi connectivity index (χ1) is 10.1. The number of hydrogen-bond donors (Lipinski definition) is 2. The lowest BCUT2D eigenvalue weighted by Gasteiger charge is -2.39. The van der Waals surface area contributed by atoms with Crippen LogP contribution in [0.5, 0.6) is 0 Å². The molecule has 0 aromatic carbocycles. The third kappa shape index (κ3) is 4.04. The molecule has 2 unspecified atom stereocenters. The number of nitrogens with two attached hydrogens (primary N) is 1. The van der Waals surface area contributed by atoms with E-state index in [9.17, 15) is 18.7 Å². The van der Waals surface area contributed by atoms with Gasteiger partial charge in [0.15, 0.2) is 6.17 Å². The van der Waals surface area contributed by atoms with Crippen molar-refractivity contribution in [2.75, 3.05) is 11.6 Å². The van der Waals surface area contributed by atoms with Gasteiger partial charge in [-0.25, -0.2) is 8.78 Å². The lowest BCUT2D eigenvalue weighted by molar-refractivity contribution is -0.00578. The first-order valence-electron chi connectivity index (χ1n) is 6.69. The molecule has 22 heavy (non-hydrogen) atoms. The van der Waals surface area contributed by atoms with E-state index in [1.807, 2.05) is 0 Å². The Hall–Kier alpha value is -1.47. The Labute approximate surface area is 133 Å². The number of rotatable bonds is 7. The smallest absolute Gasteiger partial charge is 0.252 e. The molecule has 0 aliphatic carbocycles. The molecule has 0 aliphatic rings. The average Bonchev–Trinajstić information content (AvgIpc) is 2.45. The van der Waals surface area contributed by atoms with E-state index in [1.54, 1.807) is 0 Å². The molecule has 124 valence electrons. The number of primary amides is 1. The molecule has 1 amide bonds. The van der Waals surface area contributed by atoms with Crippen LogP contribution in [-0.4, -0.2) is 46.0 Å². The number of nitrogens with zero attached hydrogens (tertiary/aromatic N) is 2. The number of hydrogen-bond acceptors (Lipinski definition) is 4. The van der Waals surface area contributed by atoms with Crippen molar-refractivity contribution < 1.29 is 18.7 Å². The number of carbonyl (C=O) groups excluding carboxylic acids is 1. The minimum Gasteiger partial charge on any atom is -0.387 e. The summed E-state index contributed by atoms with van der Waals surface area (Å²) in [7, 11) is 0. The highest BCUT2D eigenvalue weighted by Crippen LogP contribution is 2.31. The number of amides is 1. The molecular weight excluding hydrogens is 316 g/mol. The zero-order valence-corrected chi connectivity index (χ0v) is 13.4. The van der Waals surface area contributed by atoms with Crippen LogP contribution >= 0.6 is 11.6 Å². The highest BCUT2D eigenvalue weighted by Gasteiger charge is 2.39. The summed E-state index contributed by atoms with van der Waals surface area (Å²) in [5, 5.41) is 9.80. The highest BCUT2D eigenvalue weighted by atomic mass is 35.5. The second-order valence-corrected chi connectivity index (χ2v) is 6.04. The number of pyridine rings is 1. The fourth-order valence-electron chi connectivity index (χ4n) is 1.97. The van der Waals surface area contributed by atoms with Gasteiger partial charge in [0.05, 0.1) is 22.9 Å². The van der Waals surface area contributed by atoms with E-state index >= 15 is 0 Å². The van der Waals surface area contributed by atoms with Crippen LogP contribution in [0.4, 0.5) is 14.5 Å². The fraction of sp³-hybridized carbons (Fsp3) is 0.571. The third-order valence-corrected chi connectivity index (χ3v) is 3.65. The Morgan fingerprint density at radius 3 is 2.64 bits per heavy atom. The standard InChI is InChI=1S/C14H20ClF2N3O2/c1-8(6-16)20(12(15)11(17)14(2,3)22)10-4-5-19-7-9(10)13(18)21/h4-5,7-8,11-12,22H,6H2,1-3H3,(H2,18,21)/t8?,11-,12?/m0/s1. The molecule has 3 N–H and O–H groups in total.